The average molecular weight is 268 g/mol. The van der Waals surface area contributed by atoms with Gasteiger partial charge in [0.15, 0.2) is 0 Å². The Kier molecular flexibility index (Phi) is 5.15. The van der Waals surface area contributed by atoms with Gasteiger partial charge in [-0.15, -0.1) is 0 Å². The van der Waals surface area contributed by atoms with E-state index in [9.17, 15) is 9.59 Å². The van der Waals surface area contributed by atoms with E-state index in [1.54, 1.807) is 6.92 Å². The highest BCUT2D eigenvalue weighted by molar-refractivity contribution is 5.83. The van der Waals surface area contributed by atoms with Gasteiger partial charge >= 0.3 is 11.9 Å². The molecule has 0 unspecified atom stereocenters. The molecule has 0 radical (unpaired) electrons. The van der Waals surface area contributed by atoms with Gasteiger partial charge in [-0.1, -0.05) is 11.6 Å². The third-order valence-corrected chi connectivity index (χ3v) is 3.05. The number of allylic oxidation sites excluding steroid dienone is 2. The van der Waals surface area contributed by atoms with Crippen LogP contribution in [0.15, 0.2) is 11.6 Å². The van der Waals surface area contributed by atoms with Crippen LogP contribution in [0.2, 0.25) is 0 Å². The molecule has 0 fully saturated rings. The van der Waals surface area contributed by atoms with Crippen molar-refractivity contribution in [3.05, 3.63) is 11.6 Å². The van der Waals surface area contributed by atoms with E-state index >= 15 is 0 Å². The van der Waals surface area contributed by atoms with Gasteiger partial charge in [0.05, 0.1) is 18.4 Å². The van der Waals surface area contributed by atoms with Crippen LogP contribution in [0.1, 0.15) is 47.5 Å². The molecule has 4 heteroatoms. The number of carbonyl (C=O) groups excluding carboxylic acids is 2. The Morgan fingerprint density at radius 3 is 2.42 bits per heavy atom. The molecule has 0 aromatic heterocycles. The van der Waals surface area contributed by atoms with Gasteiger partial charge in [-0.05, 0) is 47.5 Å². The SMILES string of the molecule is CCOC(=O)[C@H]1CC=C(C)C[C@@H]1C(=O)OC(C)(C)C. The highest BCUT2D eigenvalue weighted by Gasteiger charge is 2.38. The van der Waals surface area contributed by atoms with Gasteiger partial charge in [-0.25, -0.2) is 0 Å². The quantitative estimate of drug-likeness (QED) is 0.583. The fraction of sp³-hybridized carbons (Fsp3) is 0.733. The minimum absolute atomic E-state index is 0.304. The topological polar surface area (TPSA) is 52.6 Å². The molecule has 0 saturated carbocycles. The van der Waals surface area contributed by atoms with Crippen molar-refractivity contribution in [1.82, 2.24) is 0 Å². The third-order valence-electron chi connectivity index (χ3n) is 3.05. The lowest BCUT2D eigenvalue weighted by Crippen LogP contribution is -2.37. The molecule has 0 aliphatic heterocycles. The molecule has 0 spiro atoms. The van der Waals surface area contributed by atoms with Crippen LogP contribution in [0.5, 0.6) is 0 Å². The van der Waals surface area contributed by atoms with E-state index in [2.05, 4.69) is 0 Å². The average Bonchev–Trinajstić information content (AvgIpc) is 2.26. The van der Waals surface area contributed by atoms with Crippen LogP contribution >= 0.6 is 0 Å². The Balaban J connectivity index is 2.83. The lowest BCUT2D eigenvalue weighted by Gasteiger charge is -2.30. The van der Waals surface area contributed by atoms with Crippen LogP contribution < -0.4 is 0 Å². The van der Waals surface area contributed by atoms with Gasteiger partial charge < -0.3 is 9.47 Å². The van der Waals surface area contributed by atoms with Crippen molar-refractivity contribution in [2.75, 3.05) is 6.61 Å². The lowest BCUT2D eigenvalue weighted by molar-refractivity contribution is -0.168. The van der Waals surface area contributed by atoms with E-state index in [1.807, 2.05) is 33.8 Å². The number of ether oxygens (including phenoxy) is 2. The van der Waals surface area contributed by atoms with Crippen LogP contribution in [0.25, 0.3) is 0 Å². The second kappa shape index (κ2) is 6.22. The molecule has 4 nitrogen and oxygen atoms in total. The Labute approximate surface area is 115 Å². The Morgan fingerprint density at radius 1 is 1.26 bits per heavy atom. The predicted octanol–water partition coefficient (Wildman–Crippen LogP) is 2.86. The zero-order valence-corrected chi connectivity index (χ0v) is 12.5. The summed E-state index contributed by atoms with van der Waals surface area (Å²) in [5.74, 6) is -1.46. The molecule has 1 aliphatic carbocycles. The summed E-state index contributed by atoms with van der Waals surface area (Å²) >= 11 is 0. The molecule has 1 rings (SSSR count). The minimum Gasteiger partial charge on any atom is -0.466 e. The fourth-order valence-electron chi connectivity index (χ4n) is 2.20. The summed E-state index contributed by atoms with van der Waals surface area (Å²) in [6, 6.07) is 0. The molecule has 108 valence electrons. The third kappa shape index (κ3) is 4.69. The van der Waals surface area contributed by atoms with E-state index in [-0.39, 0.29) is 11.9 Å². The molecule has 19 heavy (non-hydrogen) atoms. The monoisotopic (exact) mass is 268 g/mol. The summed E-state index contributed by atoms with van der Waals surface area (Å²) in [7, 11) is 0. The van der Waals surface area contributed by atoms with Gasteiger partial charge in [0, 0.05) is 0 Å². The van der Waals surface area contributed by atoms with E-state index in [4.69, 9.17) is 9.47 Å². The summed E-state index contributed by atoms with van der Waals surface area (Å²) < 4.78 is 10.5. The minimum atomic E-state index is -0.536. The van der Waals surface area contributed by atoms with E-state index in [1.165, 1.54) is 0 Å². The van der Waals surface area contributed by atoms with Crippen molar-refractivity contribution in [1.29, 1.82) is 0 Å². The molecule has 0 N–H and O–H groups in total. The van der Waals surface area contributed by atoms with Crippen molar-refractivity contribution in [3.8, 4) is 0 Å². The van der Waals surface area contributed by atoms with Gasteiger partial charge in [-0.2, -0.15) is 0 Å². The molecule has 0 bridgehead atoms. The molecule has 1 aliphatic rings. The molecule has 0 amide bonds. The van der Waals surface area contributed by atoms with E-state index < -0.39 is 17.4 Å². The smallest absolute Gasteiger partial charge is 0.310 e. The first-order valence-corrected chi connectivity index (χ1v) is 6.79. The Morgan fingerprint density at radius 2 is 1.89 bits per heavy atom. The van der Waals surface area contributed by atoms with E-state index in [0.717, 1.165) is 5.57 Å². The molecular formula is C15H24O4. The molecule has 0 heterocycles. The molecule has 0 saturated heterocycles. The maximum absolute atomic E-state index is 12.2. The number of hydrogen-bond acceptors (Lipinski definition) is 4. The van der Waals surface area contributed by atoms with Crippen molar-refractivity contribution in [3.63, 3.8) is 0 Å². The molecule has 0 aromatic carbocycles. The number of rotatable bonds is 3. The van der Waals surface area contributed by atoms with Crippen LogP contribution in [-0.4, -0.2) is 24.1 Å². The summed E-state index contributed by atoms with van der Waals surface area (Å²) in [5.41, 5.74) is 0.585. The first-order chi connectivity index (χ1) is 8.74. The first kappa shape index (κ1) is 15.7. The fourth-order valence-corrected chi connectivity index (χ4v) is 2.20. The van der Waals surface area contributed by atoms with Crippen molar-refractivity contribution < 1.29 is 19.1 Å². The van der Waals surface area contributed by atoms with Crippen LogP contribution in [0.3, 0.4) is 0 Å². The summed E-state index contributed by atoms with van der Waals surface area (Å²) in [5, 5.41) is 0. The normalized spacial score (nSPS) is 23.5. The zero-order chi connectivity index (χ0) is 14.6. The summed E-state index contributed by atoms with van der Waals surface area (Å²) in [6.07, 6.45) is 3.12. The van der Waals surface area contributed by atoms with Gasteiger partial charge in [0.25, 0.3) is 0 Å². The second-order valence-electron chi connectivity index (χ2n) is 5.99. The number of hydrogen-bond donors (Lipinski definition) is 0. The van der Waals surface area contributed by atoms with Crippen molar-refractivity contribution in [2.24, 2.45) is 11.8 Å². The molecule has 0 aromatic rings. The molecule has 2 atom stereocenters. The molecular weight excluding hydrogens is 244 g/mol. The van der Waals surface area contributed by atoms with Crippen LogP contribution in [0, 0.1) is 11.8 Å². The largest absolute Gasteiger partial charge is 0.466 e. The second-order valence-corrected chi connectivity index (χ2v) is 5.99. The number of esters is 2. The first-order valence-electron chi connectivity index (χ1n) is 6.79. The zero-order valence-electron chi connectivity index (χ0n) is 12.5. The number of carbonyl (C=O) groups is 2. The Hall–Kier alpha value is -1.32. The van der Waals surface area contributed by atoms with Gasteiger partial charge in [0.2, 0.25) is 0 Å². The highest BCUT2D eigenvalue weighted by atomic mass is 16.6. The van der Waals surface area contributed by atoms with Crippen molar-refractivity contribution >= 4 is 11.9 Å². The van der Waals surface area contributed by atoms with Crippen LogP contribution in [0.4, 0.5) is 0 Å². The summed E-state index contributed by atoms with van der Waals surface area (Å²) in [6.45, 7) is 9.56. The maximum Gasteiger partial charge on any atom is 0.310 e. The van der Waals surface area contributed by atoms with Gasteiger partial charge in [-0.3, -0.25) is 9.59 Å². The summed E-state index contributed by atoms with van der Waals surface area (Å²) in [4.78, 5) is 24.1. The van der Waals surface area contributed by atoms with Gasteiger partial charge in [0.1, 0.15) is 5.60 Å². The maximum atomic E-state index is 12.2. The standard InChI is InChI=1S/C15H24O4/c1-6-18-13(16)11-8-7-10(2)9-12(11)14(17)19-15(3,4)5/h7,11-12H,6,8-9H2,1-5H3/t11-,12-/m0/s1. The van der Waals surface area contributed by atoms with E-state index in [0.29, 0.717) is 19.4 Å². The Bertz CT molecular complexity index is 376. The van der Waals surface area contributed by atoms with Crippen LogP contribution in [-0.2, 0) is 19.1 Å². The predicted molar refractivity (Wildman–Crippen MR) is 72.4 cm³/mol. The van der Waals surface area contributed by atoms with Crippen molar-refractivity contribution in [2.45, 2.75) is 53.1 Å². The lowest BCUT2D eigenvalue weighted by atomic mass is 9.80. The highest BCUT2D eigenvalue weighted by Crippen LogP contribution is 2.32.